The van der Waals surface area contributed by atoms with Crippen molar-refractivity contribution in [2.45, 2.75) is 6.54 Å². The first kappa shape index (κ1) is 16.3. The summed E-state index contributed by atoms with van der Waals surface area (Å²) in [7, 11) is 1.57. The Morgan fingerprint density at radius 1 is 1.33 bits per heavy atom. The van der Waals surface area contributed by atoms with Crippen LogP contribution in [0.15, 0.2) is 47.5 Å². The Labute approximate surface area is 148 Å². The van der Waals surface area contributed by atoms with Crippen LogP contribution < -0.4 is 9.54 Å². The molecule has 120 valence electrons. The largest absolute Gasteiger partial charge is 0.497 e. The number of halogens is 1. The van der Waals surface area contributed by atoms with E-state index in [4.69, 9.17) is 22.8 Å². The van der Waals surface area contributed by atoms with Gasteiger partial charge in [-0.1, -0.05) is 34.9 Å². The fraction of sp³-hybridized carbons (Fsp3) is 0.111. The minimum Gasteiger partial charge on any atom is -0.497 e. The molecule has 0 aliphatic carbocycles. The smallest absolute Gasteiger partial charge is 0.279 e. The Morgan fingerprint density at radius 2 is 2.08 bits per heavy atom. The summed E-state index contributed by atoms with van der Waals surface area (Å²) in [5.74, 6) is 2.92. The number of terminal acetylenes is 1. The van der Waals surface area contributed by atoms with Crippen LogP contribution >= 0.6 is 22.9 Å². The molecule has 0 aliphatic heterocycles. The number of benzene rings is 2. The molecule has 0 fully saturated rings. The molecular formula is C18H13ClN2O2S. The minimum atomic E-state index is -0.342. The number of nitrogens with zero attached hydrogens (tertiary/aromatic N) is 2. The lowest BCUT2D eigenvalue weighted by Gasteiger charge is -2.02. The molecule has 1 amide bonds. The van der Waals surface area contributed by atoms with Crippen LogP contribution in [0.1, 0.15) is 10.4 Å². The summed E-state index contributed by atoms with van der Waals surface area (Å²) in [4.78, 5) is 17.2. The van der Waals surface area contributed by atoms with Crippen LogP contribution in [-0.2, 0) is 6.54 Å². The number of carbonyl (C=O) groups excluding carboxylic acids is 1. The number of para-hydroxylation sites is 1. The predicted octanol–water partition coefficient (Wildman–Crippen LogP) is 3.74. The first-order valence-electron chi connectivity index (χ1n) is 7.08. The standard InChI is InChI=1S/C18H13ClN2O2S/c1-3-11-21-16-14(19)5-4-6-15(16)24-18(21)20-17(22)12-7-9-13(23-2)10-8-12/h1,4-10H,11H2,2H3. The van der Waals surface area contributed by atoms with Crippen molar-refractivity contribution < 1.29 is 9.53 Å². The summed E-state index contributed by atoms with van der Waals surface area (Å²) in [6.45, 7) is 0.290. The molecule has 0 N–H and O–H groups in total. The normalized spacial score (nSPS) is 11.5. The van der Waals surface area contributed by atoms with Gasteiger partial charge in [-0.25, -0.2) is 0 Å². The van der Waals surface area contributed by atoms with Crippen molar-refractivity contribution in [1.29, 1.82) is 0 Å². The zero-order chi connectivity index (χ0) is 17.1. The van der Waals surface area contributed by atoms with Crippen LogP contribution in [0.25, 0.3) is 10.2 Å². The van der Waals surface area contributed by atoms with E-state index in [1.54, 1.807) is 42.0 Å². The van der Waals surface area contributed by atoms with Gasteiger partial charge in [-0.3, -0.25) is 4.79 Å². The highest BCUT2D eigenvalue weighted by Gasteiger charge is 2.11. The second kappa shape index (κ2) is 6.91. The summed E-state index contributed by atoms with van der Waals surface area (Å²) >= 11 is 7.65. The molecule has 3 rings (SSSR count). The van der Waals surface area contributed by atoms with Gasteiger partial charge in [-0.2, -0.15) is 4.99 Å². The topological polar surface area (TPSA) is 43.6 Å². The third-order valence-corrected chi connectivity index (χ3v) is 4.78. The van der Waals surface area contributed by atoms with E-state index < -0.39 is 0 Å². The van der Waals surface area contributed by atoms with E-state index in [0.717, 1.165) is 10.2 Å². The Bertz CT molecular complexity index is 1010. The molecule has 1 heterocycles. The Hall–Kier alpha value is -2.55. The van der Waals surface area contributed by atoms with Crippen LogP contribution in [0, 0.1) is 12.3 Å². The van der Waals surface area contributed by atoms with Gasteiger partial charge in [0.1, 0.15) is 5.75 Å². The molecule has 0 unspecified atom stereocenters. The number of thiazole rings is 1. The van der Waals surface area contributed by atoms with Gasteiger partial charge in [0, 0.05) is 5.56 Å². The van der Waals surface area contributed by atoms with Crippen LogP contribution in [-0.4, -0.2) is 17.6 Å². The first-order chi connectivity index (χ1) is 11.6. The molecule has 1 aromatic heterocycles. The molecule has 0 saturated carbocycles. The zero-order valence-electron chi connectivity index (χ0n) is 12.8. The highest BCUT2D eigenvalue weighted by molar-refractivity contribution is 7.16. The van der Waals surface area contributed by atoms with Gasteiger partial charge in [0.2, 0.25) is 0 Å². The lowest BCUT2D eigenvalue weighted by atomic mass is 10.2. The lowest BCUT2D eigenvalue weighted by molar-refractivity contribution is 0.0998. The van der Waals surface area contributed by atoms with E-state index in [-0.39, 0.29) is 5.91 Å². The number of hydrogen-bond donors (Lipinski definition) is 0. The van der Waals surface area contributed by atoms with Crippen LogP contribution in [0.3, 0.4) is 0 Å². The molecule has 6 heteroatoms. The summed E-state index contributed by atoms with van der Waals surface area (Å²) in [5, 5.41) is 0.581. The first-order valence-corrected chi connectivity index (χ1v) is 8.28. The maximum atomic E-state index is 12.4. The molecule has 0 bridgehead atoms. The van der Waals surface area contributed by atoms with Crippen molar-refractivity contribution >= 4 is 39.1 Å². The number of amides is 1. The number of ether oxygens (including phenoxy) is 1. The maximum absolute atomic E-state index is 12.4. The van der Waals surface area contributed by atoms with Crippen molar-refractivity contribution in [3.8, 4) is 18.1 Å². The van der Waals surface area contributed by atoms with Gasteiger partial charge in [0.15, 0.2) is 4.80 Å². The molecule has 0 aliphatic rings. The van der Waals surface area contributed by atoms with Crippen molar-refractivity contribution in [2.75, 3.05) is 7.11 Å². The highest BCUT2D eigenvalue weighted by Crippen LogP contribution is 2.25. The third-order valence-electron chi connectivity index (χ3n) is 3.44. The molecule has 0 saturated heterocycles. The van der Waals surface area contributed by atoms with Gasteiger partial charge in [-0.15, -0.1) is 6.42 Å². The maximum Gasteiger partial charge on any atom is 0.279 e. The van der Waals surface area contributed by atoms with Crippen LogP contribution in [0.5, 0.6) is 5.75 Å². The Kier molecular flexibility index (Phi) is 4.70. The highest BCUT2D eigenvalue weighted by atomic mass is 35.5. The number of rotatable bonds is 3. The lowest BCUT2D eigenvalue weighted by Crippen LogP contribution is -2.16. The Morgan fingerprint density at radius 3 is 2.75 bits per heavy atom. The van der Waals surface area contributed by atoms with Gasteiger partial charge >= 0.3 is 0 Å². The van der Waals surface area contributed by atoms with Gasteiger partial charge < -0.3 is 9.30 Å². The van der Waals surface area contributed by atoms with Crippen molar-refractivity contribution in [3.63, 3.8) is 0 Å². The summed E-state index contributed by atoms with van der Waals surface area (Å²) in [6.07, 6.45) is 5.45. The molecule has 0 radical (unpaired) electrons. The van der Waals surface area contributed by atoms with Crippen molar-refractivity contribution in [3.05, 3.63) is 57.9 Å². The average molecular weight is 357 g/mol. The predicted molar refractivity (Wildman–Crippen MR) is 96.5 cm³/mol. The fourth-order valence-electron chi connectivity index (χ4n) is 2.30. The monoisotopic (exact) mass is 356 g/mol. The molecule has 3 aromatic rings. The number of methoxy groups -OCH3 is 1. The number of fused-ring (bicyclic) bond motifs is 1. The molecule has 0 spiro atoms. The second-order valence-electron chi connectivity index (χ2n) is 4.91. The minimum absolute atomic E-state index is 0.290. The third kappa shape index (κ3) is 3.07. The Balaban J connectivity index is 2.12. The van der Waals surface area contributed by atoms with E-state index in [0.29, 0.717) is 27.7 Å². The van der Waals surface area contributed by atoms with E-state index in [2.05, 4.69) is 10.9 Å². The fourth-order valence-corrected chi connectivity index (χ4v) is 3.68. The van der Waals surface area contributed by atoms with Crippen LogP contribution in [0.4, 0.5) is 0 Å². The molecular weight excluding hydrogens is 344 g/mol. The average Bonchev–Trinajstić information content (AvgIpc) is 2.94. The molecule has 2 aromatic carbocycles. The van der Waals surface area contributed by atoms with Gasteiger partial charge in [-0.05, 0) is 36.4 Å². The van der Waals surface area contributed by atoms with Crippen molar-refractivity contribution in [1.82, 2.24) is 4.57 Å². The van der Waals surface area contributed by atoms with E-state index in [1.807, 2.05) is 12.1 Å². The molecule has 0 atom stereocenters. The molecule has 4 nitrogen and oxygen atoms in total. The quantitative estimate of drug-likeness (QED) is 0.671. The summed E-state index contributed by atoms with van der Waals surface area (Å²) in [6, 6.07) is 12.4. The number of carbonyl (C=O) groups is 1. The van der Waals surface area contributed by atoms with Gasteiger partial charge in [0.25, 0.3) is 5.91 Å². The van der Waals surface area contributed by atoms with E-state index >= 15 is 0 Å². The zero-order valence-corrected chi connectivity index (χ0v) is 14.4. The van der Waals surface area contributed by atoms with E-state index in [1.165, 1.54) is 11.3 Å². The summed E-state index contributed by atoms with van der Waals surface area (Å²) in [5.41, 5.74) is 1.27. The number of aromatic nitrogens is 1. The van der Waals surface area contributed by atoms with Crippen LogP contribution in [0.2, 0.25) is 5.02 Å². The molecule has 24 heavy (non-hydrogen) atoms. The SMILES string of the molecule is C#CCn1c(=NC(=O)c2ccc(OC)cc2)sc2cccc(Cl)c21. The number of hydrogen-bond acceptors (Lipinski definition) is 3. The second-order valence-corrected chi connectivity index (χ2v) is 6.32. The van der Waals surface area contributed by atoms with E-state index in [9.17, 15) is 4.79 Å². The summed E-state index contributed by atoms with van der Waals surface area (Å²) < 4.78 is 7.80. The van der Waals surface area contributed by atoms with Crippen molar-refractivity contribution in [2.24, 2.45) is 4.99 Å². The van der Waals surface area contributed by atoms with Gasteiger partial charge in [0.05, 0.1) is 28.9 Å².